The highest BCUT2D eigenvalue weighted by molar-refractivity contribution is 5.78. The van der Waals surface area contributed by atoms with Gasteiger partial charge in [-0.2, -0.15) is 0 Å². The van der Waals surface area contributed by atoms with Crippen molar-refractivity contribution < 1.29 is 19.8 Å². The molecule has 0 spiro atoms. The largest absolute Gasteiger partial charge is 0.481 e. The van der Waals surface area contributed by atoms with Crippen molar-refractivity contribution in [3.8, 4) is 0 Å². The van der Waals surface area contributed by atoms with Crippen LogP contribution in [0.1, 0.15) is 44.9 Å². The predicted octanol–water partition coefficient (Wildman–Crippen LogP) is 1.00. The van der Waals surface area contributed by atoms with Gasteiger partial charge in [0.25, 0.3) is 0 Å². The predicted molar refractivity (Wildman–Crippen MR) is 65.0 cm³/mol. The monoisotopic (exact) mass is 255 g/mol. The topological polar surface area (TPSA) is 77.8 Å². The Labute approximate surface area is 107 Å². The summed E-state index contributed by atoms with van der Waals surface area (Å²) in [5, 5.41) is 18.4. The van der Waals surface area contributed by atoms with Crippen LogP contribution in [0, 0.1) is 5.41 Å². The van der Waals surface area contributed by atoms with Crippen LogP contribution in [0.2, 0.25) is 0 Å². The summed E-state index contributed by atoms with van der Waals surface area (Å²) in [4.78, 5) is 24.8. The van der Waals surface area contributed by atoms with E-state index in [0.29, 0.717) is 25.9 Å². The lowest BCUT2D eigenvalue weighted by molar-refractivity contribution is -0.141. The second-order valence-corrected chi connectivity index (χ2v) is 5.74. The highest BCUT2D eigenvalue weighted by Crippen LogP contribution is 2.44. The molecule has 1 heterocycles. The molecule has 2 aliphatic rings. The first kappa shape index (κ1) is 13.3. The van der Waals surface area contributed by atoms with E-state index in [4.69, 9.17) is 5.11 Å². The van der Waals surface area contributed by atoms with Gasteiger partial charge in [0.2, 0.25) is 5.91 Å². The minimum atomic E-state index is -0.814. The molecule has 0 aromatic rings. The zero-order chi connectivity index (χ0) is 13.2. The Balaban J connectivity index is 1.96. The summed E-state index contributed by atoms with van der Waals surface area (Å²) >= 11 is 0. The summed E-state index contributed by atoms with van der Waals surface area (Å²) in [5.41, 5.74) is -0.337. The van der Waals surface area contributed by atoms with Gasteiger partial charge < -0.3 is 15.1 Å². The summed E-state index contributed by atoms with van der Waals surface area (Å²) in [6.45, 7) is 1.01. The minimum absolute atomic E-state index is 0.00898. The van der Waals surface area contributed by atoms with Crippen molar-refractivity contribution >= 4 is 11.9 Å². The minimum Gasteiger partial charge on any atom is -0.481 e. The lowest BCUT2D eigenvalue weighted by Gasteiger charge is -2.28. The summed E-state index contributed by atoms with van der Waals surface area (Å²) in [6.07, 6.45) is 4.35. The first-order chi connectivity index (χ1) is 8.51. The van der Waals surface area contributed by atoms with E-state index in [-0.39, 0.29) is 17.7 Å². The molecule has 1 amide bonds. The fourth-order valence-corrected chi connectivity index (χ4v) is 3.26. The van der Waals surface area contributed by atoms with Crippen LogP contribution in [0.4, 0.5) is 0 Å². The quantitative estimate of drug-likeness (QED) is 0.785. The van der Waals surface area contributed by atoms with Gasteiger partial charge in [-0.1, -0.05) is 12.8 Å². The third-order valence-electron chi connectivity index (χ3n) is 4.23. The number of likely N-dealkylation sites (tertiary alicyclic amines) is 1. The maximum absolute atomic E-state index is 12.2. The first-order valence-corrected chi connectivity index (χ1v) is 6.68. The fourth-order valence-electron chi connectivity index (χ4n) is 3.26. The van der Waals surface area contributed by atoms with E-state index in [2.05, 4.69) is 0 Å². The molecule has 0 radical (unpaired) electrons. The summed E-state index contributed by atoms with van der Waals surface area (Å²) in [6, 6.07) is 0. The van der Waals surface area contributed by atoms with Gasteiger partial charge in [0.1, 0.15) is 0 Å². The van der Waals surface area contributed by atoms with Gasteiger partial charge in [0, 0.05) is 19.5 Å². The van der Waals surface area contributed by atoms with Crippen LogP contribution >= 0.6 is 0 Å². The van der Waals surface area contributed by atoms with Crippen molar-refractivity contribution in [2.45, 2.75) is 51.0 Å². The number of carbonyl (C=O) groups is 2. The van der Waals surface area contributed by atoms with Crippen LogP contribution in [0.3, 0.4) is 0 Å². The second kappa shape index (κ2) is 5.26. The number of amides is 1. The zero-order valence-electron chi connectivity index (χ0n) is 10.6. The van der Waals surface area contributed by atoms with Crippen LogP contribution in [-0.4, -0.2) is 46.2 Å². The first-order valence-electron chi connectivity index (χ1n) is 6.68. The molecule has 18 heavy (non-hydrogen) atoms. The number of hydrogen-bond acceptors (Lipinski definition) is 3. The van der Waals surface area contributed by atoms with Gasteiger partial charge >= 0.3 is 5.97 Å². The molecule has 1 saturated carbocycles. The second-order valence-electron chi connectivity index (χ2n) is 5.74. The van der Waals surface area contributed by atoms with Crippen LogP contribution in [0.15, 0.2) is 0 Å². The summed E-state index contributed by atoms with van der Waals surface area (Å²) in [5.74, 6) is -0.805. The Morgan fingerprint density at radius 2 is 1.89 bits per heavy atom. The van der Waals surface area contributed by atoms with E-state index in [1.807, 2.05) is 0 Å². The average Bonchev–Trinajstić information content (AvgIpc) is 2.87. The van der Waals surface area contributed by atoms with E-state index in [0.717, 1.165) is 25.7 Å². The lowest BCUT2D eigenvalue weighted by atomic mass is 9.79. The van der Waals surface area contributed by atoms with Crippen molar-refractivity contribution in [3.05, 3.63) is 0 Å². The number of aliphatic hydroxyl groups excluding tert-OH is 1. The Bertz CT molecular complexity index is 336. The molecular formula is C13H21NO4. The molecule has 0 bridgehead atoms. The van der Waals surface area contributed by atoms with Crippen molar-refractivity contribution in [1.82, 2.24) is 4.90 Å². The number of hydrogen-bond donors (Lipinski definition) is 2. The number of nitrogens with zero attached hydrogens (tertiary/aromatic N) is 1. The molecule has 5 heteroatoms. The Morgan fingerprint density at radius 1 is 1.22 bits per heavy atom. The maximum atomic E-state index is 12.2. The molecule has 0 aromatic heterocycles. The van der Waals surface area contributed by atoms with Gasteiger partial charge in [-0.3, -0.25) is 9.59 Å². The smallest absolute Gasteiger partial charge is 0.303 e. The maximum Gasteiger partial charge on any atom is 0.303 e. The van der Waals surface area contributed by atoms with E-state index in [1.165, 1.54) is 0 Å². The normalized spacial score (nSPS) is 26.5. The number of carboxylic acid groups (broad SMARTS) is 1. The average molecular weight is 255 g/mol. The van der Waals surface area contributed by atoms with Gasteiger partial charge in [-0.15, -0.1) is 0 Å². The van der Waals surface area contributed by atoms with Crippen LogP contribution < -0.4 is 0 Å². The van der Waals surface area contributed by atoms with Gasteiger partial charge in [0.05, 0.1) is 12.5 Å². The third-order valence-corrected chi connectivity index (χ3v) is 4.23. The van der Waals surface area contributed by atoms with Crippen molar-refractivity contribution in [2.75, 3.05) is 13.1 Å². The summed E-state index contributed by atoms with van der Waals surface area (Å²) < 4.78 is 0. The van der Waals surface area contributed by atoms with E-state index < -0.39 is 12.1 Å². The molecule has 0 unspecified atom stereocenters. The van der Waals surface area contributed by atoms with Crippen LogP contribution in [0.5, 0.6) is 0 Å². The lowest BCUT2D eigenvalue weighted by Crippen LogP contribution is -2.35. The van der Waals surface area contributed by atoms with E-state index >= 15 is 0 Å². The molecule has 2 fully saturated rings. The Hall–Kier alpha value is -1.10. The summed E-state index contributed by atoms with van der Waals surface area (Å²) in [7, 11) is 0. The van der Waals surface area contributed by atoms with Crippen LogP contribution in [-0.2, 0) is 9.59 Å². The molecule has 102 valence electrons. The molecule has 1 atom stereocenters. The highest BCUT2D eigenvalue weighted by atomic mass is 16.4. The number of rotatable bonds is 4. The standard InChI is InChI=1S/C13H21NO4/c15-10-3-6-14(9-10)11(16)7-13(8-12(17)18)4-1-2-5-13/h10,15H,1-9H2,(H,17,18)/t10-/m1/s1. The van der Waals surface area contributed by atoms with E-state index in [9.17, 15) is 14.7 Å². The Morgan fingerprint density at radius 3 is 2.39 bits per heavy atom. The number of β-amino-alcohol motifs (C(OH)–C–C–N with tert-alkyl or cyclic N) is 1. The highest BCUT2D eigenvalue weighted by Gasteiger charge is 2.39. The molecule has 1 aliphatic heterocycles. The Kier molecular flexibility index (Phi) is 3.90. The number of carbonyl (C=O) groups excluding carboxylic acids is 1. The SMILES string of the molecule is O=C(O)CC1(CC(=O)N2CC[C@@H](O)C2)CCCC1. The molecule has 2 N–H and O–H groups in total. The molecule has 5 nitrogen and oxygen atoms in total. The number of carboxylic acids is 1. The van der Waals surface area contributed by atoms with Crippen molar-refractivity contribution in [1.29, 1.82) is 0 Å². The van der Waals surface area contributed by atoms with Crippen LogP contribution in [0.25, 0.3) is 0 Å². The third kappa shape index (κ3) is 3.02. The van der Waals surface area contributed by atoms with Crippen molar-refractivity contribution in [3.63, 3.8) is 0 Å². The number of aliphatic hydroxyl groups is 1. The van der Waals surface area contributed by atoms with E-state index in [1.54, 1.807) is 4.90 Å². The zero-order valence-corrected chi connectivity index (χ0v) is 10.6. The molecule has 1 aliphatic carbocycles. The molecule has 0 aromatic carbocycles. The molecule has 2 rings (SSSR count). The molecular weight excluding hydrogens is 234 g/mol. The fraction of sp³-hybridized carbons (Fsp3) is 0.846. The van der Waals surface area contributed by atoms with Gasteiger partial charge in [-0.25, -0.2) is 0 Å². The molecule has 1 saturated heterocycles. The number of aliphatic carboxylic acids is 1. The van der Waals surface area contributed by atoms with Gasteiger partial charge in [-0.05, 0) is 24.7 Å². The van der Waals surface area contributed by atoms with Gasteiger partial charge in [0.15, 0.2) is 0 Å². The van der Waals surface area contributed by atoms with Crippen molar-refractivity contribution in [2.24, 2.45) is 5.41 Å².